The van der Waals surface area contributed by atoms with Gasteiger partial charge in [0.15, 0.2) is 0 Å². The van der Waals surface area contributed by atoms with Gasteiger partial charge in [0, 0.05) is 44.3 Å². The molecule has 138 valence electrons. The van der Waals surface area contributed by atoms with Crippen molar-refractivity contribution in [3.05, 3.63) is 30.3 Å². The van der Waals surface area contributed by atoms with Gasteiger partial charge in [-0.3, -0.25) is 0 Å². The van der Waals surface area contributed by atoms with Gasteiger partial charge in [0.2, 0.25) is 0 Å². The number of rotatable bonds is 4. The molecule has 0 radical (unpaired) electrons. The zero-order chi connectivity index (χ0) is 17.6. The number of hydrogen-bond acceptors (Lipinski definition) is 3. The van der Waals surface area contributed by atoms with Crippen LogP contribution < -0.4 is 10.2 Å². The van der Waals surface area contributed by atoms with Gasteiger partial charge in [0.25, 0.3) is 0 Å². The van der Waals surface area contributed by atoms with E-state index in [-0.39, 0.29) is 24.1 Å². The van der Waals surface area contributed by atoms with E-state index in [0.29, 0.717) is 6.54 Å². The van der Waals surface area contributed by atoms with Crippen LogP contribution in [0.3, 0.4) is 0 Å². The monoisotopic (exact) mass is 345 g/mol. The number of para-hydroxylation sites is 1. The molecule has 0 aromatic heterocycles. The molecule has 2 atom stereocenters. The Bertz CT molecular complexity index is 543. The third kappa shape index (κ3) is 4.88. The van der Waals surface area contributed by atoms with Crippen LogP contribution in [-0.4, -0.2) is 54.9 Å². The molecule has 2 aliphatic rings. The Hall–Kier alpha value is -1.75. The first-order valence-electron chi connectivity index (χ1n) is 9.63. The lowest BCUT2D eigenvalue weighted by Gasteiger charge is -2.35. The van der Waals surface area contributed by atoms with Gasteiger partial charge >= 0.3 is 6.03 Å². The van der Waals surface area contributed by atoms with Crippen LogP contribution in [0.2, 0.25) is 0 Å². The second-order valence-electron chi connectivity index (χ2n) is 7.54. The van der Waals surface area contributed by atoms with E-state index in [1.165, 1.54) is 5.69 Å². The number of nitrogens with one attached hydrogen (secondary N) is 1. The highest BCUT2D eigenvalue weighted by molar-refractivity contribution is 5.74. The van der Waals surface area contributed by atoms with E-state index in [1.807, 2.05) is 13.1 Å². The maximum absolute atomic E-state index is 12.5. The maximum Gasteiger partial charge on any atom is 0.317 e. The second kappa shape index (κ2) is 8.56. The lowest BCUT2D eigenvalue weighted by Crippen LogP contribution is -2.50. The van der Waals surface area contributed by atoms with Crippen molar-refractivity contribution in [3.63, 3.8) is 0 Å². The van der Waals surface area contributed by atoms with Gasteiger partial charge in [-0.2, -0.15) is 0 Å². The number of anilines is 1. The molecule has 0 bridgehead atoms. The SMILES string of the molecule is CN(C[C@@H]1CCCC[C@H]1O)C(=O)NC1CCN(c2ccccc2)CC1. The lowest BCUT2D eigenvalue weighted by molar-refractivity contribution is 0.0562. The number of urea groups is 1. The number of piperidine rings is 1. The molecule has 1 heterocycles. The molecule has 0 spiro atoms. The van der Waals surface area contributed by atoms with E-state index in [4.69, 9.17) is 0 Å². The molecule has 5 heteroatoms. The molecule has 2 fully saturated rings. The Morgan fingerprint density at radius 2 is 1.84 bits per heavy atom. The predicted molar refractivity (Wildman–Crippen MR) is 101 cm³/mol. The molecular weight excluding hydrogens is 314 g/mol. The fourth-order valence-electron chi connectivity index (χ4n) is 4.04. The summed E-state index contributed by atoms with van der Waals surface area (Å²) in [7, 11) is 1.84. The van der Waals surface area contributed by atoms with Crippen molar-refractivity contribution in [2.45, 2.75) is 50.7 Å². The van der Waals surface area contributed by atoms with Gasteiger partial charge in [-0.1, -0.05) is 31.0 Å². The van der Waals surface area contributed by atoms with E-state index in [2.05, 4.69) is 34.5 Å². The fourth-order valence-corrected chi connectivity index (χ4v) is 4.04. The standard InChI is InChI=1S/C20H31N3O2/c1-22(15-16-7-5-6-10-19(16)24)20(25)21-17-11-13-23(14-12-17)18-8-3-2-4-9-18/h2-4,8-9,16-17,19,24H,5-7,10-15H2,1H3,(H,21,25)/t16-,19+/m0/s1. The fraction of sp³-hybridized carbons (Fsp3) is 0.650. The lowest BCUT2D eigenvalue weighted by atomic mass is 9.86. The Labute approximate surface area is 151 Å². The van der Waals surface area contributed by atoms with E-state index in [0.717, 1.165) is 51.6 Å². The van der Waals surface area contributed by atoms with Crippen LogP contribution in [0.1, 0.15) is 38.5 Å². The summed E-state index contributed by atoms with van der Waals surface area (Å²) in [4.78, 5) is 16.6. The zero-order valence-corrected chi connectivity index (χ0v) is 15.2. The topological polar surface area (TPSA) is 55.8 Å². The minimum atomic E-state index is -0.252. The summed E-state index contributed by atoms with van der Waals surface area (Å²) in [6, 6.07) is 10.7. The Kier molecular flexibility index (Phi) is 6.19. The molecule has 5 nitrogen and oxygen atoms in total. The minimum absolute atomic E-state index is 0.00376. The summed E-state index contributed by atoms with van der Waals surface area (Å²) < 4.78 is 0. The molecule has 1 saturated heterocycles. The third-order valence-corrected chi connectivity index (χ3v) is 5.67. The van der Waals surface area contributed by atoms with Crippen molar-refractivity contribution in [1.82, 2.24) is 10.2 Å². The molecular formula is C20H31N3O2. The quantitative estimate of drug-likeness (QED) is 0.882. The smallest absolute Gasteiger partial charge is 0.317 e. The highest BCUT2D eigenvalue weighted by atomic mass is 16.3. The Morgan fingerprint density at radius 3 is 2.52 bits per heavy atom. The number of carbonyl (C=O) groups excluding carboxylic acids is 1. The first kappa shape index (κ1) is 18.1. The van der Waals surface area contributed by atoms with Crippen LogP contribution in [0, 0.1) is 5.92 Å². The van der Waals surface area contributed by atoms with Gasteiger partial charge in [0.05, 0.1) is 6.10 Å². The highest BCUT2D eigenvalue weighted by Gasteiger charge is 2.27. The molecule has 1 saturated carbocycles. The molecule has 1 aromatic carbocycles. The average Bonchev–Trinajstić information content (AvgIpc) is 2.65. The normalized spacial score (nSPS) is 24.8. The second-order valence-corrected chi connectivity index (χ2v) is 7.54. The van der Waals surface area contributed by atoms with E-state index >= 15 is 0 Å². The summed E-state index contributed by atoms with van der Waals surface area (Å²) >= 11 is 0. The Morgan fingerprint density at radius 1 is 1.16 bits per heavy atom. The molecule has 1 aliphatic carbocycles. The van der Waals surface area contributed by atoms with Gasteiger partial charge in [-0.15, -0.1) is 0 Å². The van der Waals surface area contributed by atoms with Gasteiger partial charge in [0.1, 0.15) is 0 Å². The molecule has 1 aromatic rings. The number of aliphatic hydroxyl groups excluding tert-OH is 1. The molecule has 3 rings (SSSR count). The van der Waals surface area contributed by atoms with Crippen molar-refractivity contribution in [1.29, 1.82) is 0 Å². The van der Waals surface area contributed by atoms with Crippen molar-refractivity contribution >= 4 is 11.7 Å². The van der Waals surface area contributed by atoms with E-state index in [1.54, 1.807) is 4.90 Å². The molecule has 0 unspecified atom stereocenters. The van der Waals surface area contributed by atoms with Crippen molar-refractivity contribution in [3.8, 4) is 0 Å². The van der Waals surface area contributed by atoms with Crippen LogP contribution in [-0.2, 0) is 0 Å². The number of amides is 2. The summed E-state index contributed by atoms with van der Waals surface area (Å²) in [5, 5.41) is 13.3. The average molecular weight is 345 g/mol. The summed E-state index contributed by atoms with van der Waals surface area (Å²) in [6.45, 7) is 2.59. The van der Waals surface area contributed by atoms with Crippen LogP contribution in [0.5, 0.6) is 0 Å². The Balaban J connectivity index is 1.42. The number of aliphatic hydroxyl groups is 1. The summed E-state index contributed by atoms with van der Waals surface area (Å²) in [6.07, 6.45) is 5.86. The summed E-state index contributed by atoms with van der Waals surface area (Å²) in [5.74, 6) is 0.226. The van der Waals surface area contributed by atoms with E-state index < -0.39 is 0 Å². The third-order valence-electron chi connectivity index (χ3n) is 5.67. The van der Waals surface area contributed by atoms with Crippen LogP contribution in [0.15, 0.2) is 30.3 Å². The van der Waals surface area contributed by atoms with Crippen molar-refractivity contribution in [2.24, 2.45) is 5.92 Å². The molecule has 1 aliphatic heterocycles. The largest absolute Gasteiger partial charge is 0.393 e. The maximum atomic E-state index is 12.5. The van der Waals surface area contributed by atoms with Gasteiger partial charge < -0.3 is 20.2 Å². The molecule has 25 heavy (non-hydrogen) atoms. The number of nitrogens with zero attached hydrogens (tertiary/aromatic N) is 2. The van der Waals surface area contributed by atoms with Crippen LogP contribution >= 0.6 is 0 Å². The predicted octanol–water partition coefficient (Wildman–Crippen LogP) is 2.85. The first-order valence-corrected chi connectivity index (χ1v) is 9.63. The van der Waals surface area contributed by atoms with Crippen LogP contribution in [0.25, 0.3) is 0 Å². The number of carbonyl (C=O) groups is 1. The highest BCUT2D eigenvalue weighted by Crippen LogP contribution is 2.25. The molecule has 2 N–H and O–H groups in total. The van der Waals surface area contributed by atoms with Gasteiger partial charge in [-0.05, 0) is 37.8 Å². The van der Waals surface area contributed by atoms with E-state index in [9.17, 15) is 9.90 Å². The van der Waals surface area contributed by atoms with Crippen LogP contribution in [0.4, 0.5) is 10.5 Å². The van der Waals surface area contributed by atoms with Crippen molar-refractivity contribution < 1.29 is 9.90 Å². The first-order chi connectivity index (χ1) is 12.1. The number of benzene rings is 1. The summed E-state index contributed by atoms with van der Waals surface area (Å²) in [5.41, 5.74) is 1.26. The molecule has 2 amide bonds. The van der Waals surface area contributed by atoms with Gasteiger partial charge in [-0.25, -0.2) is 4.79 Å². The van der Waals surface area contributed by atoms with Crippen molar-refractivity contribution in [2.75, 3.05) is 31.6 Å². The minimum Gasteiger partial charge on any atom is -0.393 e. The zero-order valence-electron chi connectivity index (χ0n) is 15.2. The number of hydrogen-bond donors (Lipinski definition) is 2.